The Morgan fingerprint density at radius 3 is 2.78 bits per heavy atom. The van der Waals surface area contributed by atoms with E-state index in [1.54, 1.807) is 0 Å². The van der Waals surface area contributed by atoms with E-state index in [2.05, 4.69) is 0 Å². The number of hydrogen-bond donors (Lipinski definition) is 1. The summed E-state index contributed by atoms with van der Waals surface area (Å²) >= 11 is 0. The Kier molecular flexibility index (Phi) is 0.943. The molecule has 0 radical (unpaired) electrons. The summed E-state index contributed by atoms with van der Waals surface area (Å²) in [6.07, 6.45) is 1.81. The molecule has 2 saturated carbocycles. The summed E-state index contributed by atoms with van der Waals surface area (Å²) in [4.78, 5) is 10.9. The molecule has 0 saturated heterocycles. The molecule has 2 nitrogen and oxygen atoms in total. The van der Waals surface area contributed by atoms with E-state index in [4.69, 9.17) is 5.11 Å². The minimum atomic E-state index is 0.223. The first-order chi connectivity index (χ1) is 4.34. The van der Waals surface area contributed by atoms with Crippen molar-refractivity contribution in [2.45, 2.75) is 12.8 Å². The fourth-order valence-corrected chi connectivity index (χ4v) is 2.04. The number of carbonyl (C=O) groups is 1. The van der Waals surface area contributed by atoms with E-state index in [1.165, 1.54) is 0 Å². The summed E-state index contributed by atoms with van der Waals surface area (Å²) in [5.41, 5.74) is 0. The topological polar surface area (TPSA) is 37.3 Å². The van der Waals surface area contributed by atoms with Crippen molar-refractivity contribution in [3.8, 4) is 0 Å². The van der Waals surface area contributed by atoms with Crippen LogP contribution in [0.4, 0.5) is 0 Å². The Bertz CT molecular complexity index is 149. The number of aliphatic hydroxyl groups excluding tert-OH is 1. The highest BCUT2D eigenvalue weighted by Crippen LogP contribution is 2.54. The molecule has 0 aromatic heterocycles. The largest absolute Gasteiger partial charge is 0.396 e. The summed E-state index contributed by atoms with van der Waals surface area (Å²) in [6, 6.07) is 0. The van der Waals surface area contributed by atoms with Crippen molar-refractivity contribution in [2.75, 3.05) is 6.61 Å². The zero-order chi connectivity index (χ0) is 6.43. The van der Waals surface area contributed by atoms with Gasteiger partial charge in [0.2, 0.25) is 0 Å². The van der Waals surface area contributed by atoms with Crippen LogP contribution in [0.5, 0.6) is 0 Å². The van der Waals surface area contributed by atoms with Gasteiger partial charge < -0.3 is 5.11 Å². The molecular formula is C7H10O2. The fraction of sp³-hybridized carbons (Fsp3) is 0.857. The molecule has 0 aliphatic heterocycles. The van der Waals surface area contributed by atoms with Gasteiger partial charge in [0, 0.05) is 18.9 Å². The van der Waals surface area contributed by atoms with Crippen LogP contribution in [0.3, 0.4) is 0 Å². The van der Waals surface area contributed by atoms with Gasteiger partial charge in [0.15, 0.2) is 0 Å². The maximum absolute atomic E-state index is 10.9. The SMILES string of the molecule is O=C1CC[C@H]2[C@H](CO)[C@@H]12. The Morgan fingerprint density at radius 1 is 1.67 bits per heavy atom. The first kappa shape index (κ1) is 5.42. The lowest BCUT2D eigenvalue weighted by Crippen LogP contribution is -2.01. The molecule has 50 valence electrons. The van der Waals surface area contributed by atoms with Crippen LogP contribution < -0.4 is 0 Å². The van der Waals surface area contributed by atoms with Crippen molar-refractivity contribution in [3.05, 3.63) is 0 Å². The van der Waals surface area contributed by atoms with E-state index >= 15 is 0 Å². The first-order valence-corrected chi connectivity index (χ1v) is 3.48. The number of carbonyl (C=O) groups excluding carboxylic acids is 1. The van der Waals surface area contributed by atoms with Crippen LogP contribution in [-0.4, -0.2) is 17.5 Å². The van der Waals surface area contributed by atoms with Crippen LogP contribution in [0.1, 0.15) is 12.8 Å². The van der Waals surface area contributed by atoms with Gasteiger partial charge in [0.05, 0.1) is 0 Å². The standard InChI is InChI=1S/C7H10O2/c8-3-5-4-1-2-6(9)7(4)5/h4-5,7-8H,1-3H2/t4-,5-,7-/m0/s1. The van der Waals surface area contributed by atoms with E-state index in [0.717, 1.165) is 12.8 Å². The van der Waals surface area contributed by atoms with Crippen molar-refractivity contribution >= 4 is 5.78 Å². The third-order valence-corrected chi connectivity index (χ3v) is 2.64. The molecule has 0 aromatic rings. The molecule has 0 unspecified atom stereocenters. The van der Waals surface area contributed by atoms with Gasteiger partial charge in [0.25, 0.3) is 0 Å². The summed E-state index contributed by atoms with van der Waals surface area (Å²) in [5, 5.41) is 8.68. The summed E-state index contributed by atoms with van der Waals surface area (Å²) in [7, 11) is 0. The van der Waals surface area contributed by atoms with Crippen molar-refractivity contribution in [2.24, 2.45) is 17.8 Å². The lowest BCUT2D eigenvalue weighted by atomic mass is 10.1. The number of ketones is 1. The van der Waals surface area contributed by atoms with Crippen molar-refractivity contribution in [1.82, 2.24) is 0 Å². The normalized spacial score (nSPS) is 47.2. The zero-order valence-corrected chi connectivity index (χ0v) is 5.21. The van der Waals surface area contributed by atoms with E-state index in [1.807, 2.05) is 0 Å². The minimum Gasteiger partial charge on any atom is -0.396 e. The first-order valence-electron chi connectivity index (χ1n) is 3.48. The molecule has 2 aliphatic rings. The Labute approximate surface area is 53.9 Å². The molecule has 0 spiro atoms. The lowest BCUT2D eigenvalue weighted by Gasteiger charge is -1.94. The smallest absolute Gasteiger partial charge is 0.136 e. The van der Waals surface area contributed by atoms with Crippen LogP contribution in [0.2, 0.25) is 0 Å². The molecule has 1 N–H and O–H groups in total. The van der Waals surface area contributed by atoms with Crippen LogP contribution in [0.25, 0.3) is 0 Å². The average molecular weight is 126 g/mol. The molecule has 2 rings (SSSR count). The number of rotatable bonds is 1. The second-order valence-electron chi connectivity index (χ2n) is 3.04. The number of aliphatic hydroxyl groups is 1. The Balaban J connectivity index is 2.06. The van der Waals surface area contributed by atoms with Gasteiger partial charge >= 0.3 is 0 Å². The molecule has 2 aliphatic carbocycles. The molecule has 2 fully saturated rings. The molecule has 3 atom stereocenters. The maximum Gasteiger partial charge on any atom is 0.136 e. The van der Waals surface area contributed by atoms with E-state index in [0.29, 0.717) is 17.6 Å². The van der Waals surface area contributed by atoms with Gasteiger partial charge in [-0.3, -0.25) is 4.79 Å². The monoisotopic (exact) mass is 126 g/mol. The third-order valence-electron chi connectivity index (χ3n) is 2.64. The third kappa shape index (κ3) is 0.568. The van der Waals surface area contributed by atoms with Gasteiger partial charge in [-0.2, -0.15) is 0 Å². The highest BCUT2D eigenvalue weighted by atomic mass is 16.3. The molecule has 0 heterocycles. The zero-order valence-electron chi connectivity index (χ0n) is 5.21. The fourth-order valence-electron chi connectivity index (χ4n) is 2.04. The molecule has 0 aromatic carbocycles. The average Bonchev–Trinajstić information content (AvgIpc) is 2.46. The molecule has 0 bridgehead atoms. The molecule has 0 amide bonds. The molecule has 2 heteroatoms. The van der Waals surface area contributed by atoms with Crippen LogP contribution in [0, 0.1) is 17.8 Å². The summed E-state index contributed by atoms with van der Waals surface area (Å²) < 4.78 is 0. The molecular weight excluding hydrogens is 116 g/mol. The summed E-state index contributed by atoms with van der Waals surface area (Å²) in [5.74, 6) is 1.59. The highest BCUT2D eigenvalue weighted by Gasteiger charge is 2.57. The van der Waals surface area contributed by atoms with Crippen molar-refractivity contribution in [1.29, 1.82) is 0 Å². The number of hydrogen-bond acceptors (Lipinski definition) is 2. The van der Waals surface area contributed by atoms with Crippen LogP contribution in [0.15, 0.2) is 0 Å². The van der Waals surface area contributed by atoms with Gasteiger partial charge in [-0.05, 0) is 18.3 Å². The van der Waals surface area contributed by atoms with Crippen LogP contribution >= 0.6 is 0 Å². The van der Waals surface area contributed by atoms with Gasteiger partial charge in [-0.1, -0.05) is 0 Å². The van der Waals surface area contributed by atoms with Crippen LogP contribution in [-0.2, 0) is 4.79 Å². The van der Waals surface area contributed by atoms with Gasteiger partial charge in [0.1, 0.15) is 5.78 Å². The second kappa shape index (κ2) is 1.57. The lowest BCUT2D eigenvalue weighted by molar-refractivity contribution is -0.119. The predicted molar refractivity (Wildman–Crippen MR) is 31.8 cm³/mol. The number of Topliss-reactive ketones (excluding diaryl/α,β-unsaturated/α-hetero) is 1. The maximum atomic E-state index is 10.9. The molecule has 9 heavy (non-hydrogen) atoms. The highest BCUT2D eigenvalue weighted by molar-refractivity contribution is 5.87. The second-order valence-corrected chi connectivity index (χ2v) is 3.04. The minimum absolute atomic E-state index is 0.223. The van der Waals surface area contributed by atoms with Gasteiger partial charge in [-0.25, -0.2) is 0 Å². The van der Waals surface area contributed by atoms with E-state index in [-0.39, 0.29) is 12.5 Å². The van der Waals surface area contributed by atoms with Gasteiger partial charge in [-0.15, -0.1) is 0 Å². The summed E-state index contributed by atoms with van der Waals surface area (Å²) in [6.45, 7) is 0.223. The predicted octanol–water partition coefficient (Wildman–Crippen LogP) is 0.204. The van der Waals surface area contributed by atoms with E-state index in [9.17, 15) is 4.79 Å². The quantitative estimate of drug-likeness (QED) is 0.545. The Hall–Kier alpha value is -0.370. The van der Waals surface area contributed by atoms with Crippen molar-refractivity contribution in [3.63, 3.8) is 0 Å². The number of fused-ring (bicyclic) bond motifs is 1. The Morgan fingerprint density at radius 2 is 2.44 bits per heavy atom. The van der Waals surface area contributed by atoms with E-state index < -0.39 is 0 Å². The van der Waals surface area contributed by atoms with Crippen molar-refractivity contribution < 1.29 is 9.90 Å².